The number of esters is 5. The van der Waals surface area contributed by atoms with Crippen LogP contribution in [0.1, 0.15) is 218 Å². The van der Waals surface area contributed by atoms with E-state index in [4.69, 9.17) is 79.5 Å². The number of para-hydroxylation sites is 3. The summed E-state index contributed by atoms with van der Waals surface area (Å²) in [5.74, 6) is -0.844. The zero-order valence-electron chi connectivity index (χ0n) is 86.4. The number of hydrogen-bond acceptors (Lipinski definition) is 25. The molecule has 0 fully saturated rings. The monoisotopic (exact) mass is 2300 g/mol. The predicted molar refractivity (Wildman–Crippen MR) is 581 cm³/mol. The molecule has 0 saturated heterocycles. The maximum Gasteiger partial charge on any atom is 1.00 e. The molecule has 0 radical (unpaired) electrons. The topological polar surface area (TPSA) is 388 Å². The molecule has 0 unspecified atom stereocenters. The molecule has 0 atom stereocenters. The minimum Gasteiger partial charge on any atom is -0.857 e. The second kappa shape index (κ2) is 63.9. The molecule has 0 aromatic heterocycles. The van der Waals surface area contributed by atoms with Crippen molar-refractivity contribution in [3.63, 3.8) is 0 Å². The number of carbonyl (C=O) groups excluding carboxylic acids is 7. The number of carbonyl (C=O) groups is 7. The number of phenols is 1. The van der Waals surface area contributed by atoms with Crippen molar-refractivity contribution < 1.29 is 150 Å². The summed E-state index contributed by atoms with van der Waals surface area (Å²) in [6.45, 7) is 28.1. The molecule has 782 valence electrons. The van der Waals surface area contributed by atoms with E-state index in [2.05, 4.69) is 158 Å². The van der Waals surface area contributed by atoms with Crippen LogP contribution in [0.5, 0.6) is 17.2 Å². The number of hydrogen-bond donors (Lipinski definition) is 7. The molecule has 0 amide bonds. The van der Waals surface area contributed by atoms with Crippen molar-refractivity contribution in [1.29, 1.82) is 0 Å². The standard InChI is InChI=1S/C28H28FNO3.C21H21BrO3.2C12H11BrO2.C11H11BrO.C10H18O5.C10H12O3.C7H9BFNO2.CH4O.CH3O.ClH.Na/c1-3-32-27(31)15-20-7-4-5-10-26(20)33-17-19-13-22-11-18(2)12-24(22)25(14-19)23-9-6-8-21(16-30)28(23)29;1-3-24-21(23)12-16-6-4-5-7-20(16)25-13-15-10-17-8-14(2)9-18(17)19(22)11-15;2*1-7-3-8-5-9(12(14)15-2)6-11(13)10(8)4-7;1-7-2-9-4-8(6-13)5-11(12)10(9)3-7;1-9(2,3)14-7(11)13-8(12)15-10(4,5)6;1-2-13-10(12)7-8-5-3-4-6-9(8)11;9-7-5(4-10)2-1-3-6(7)8(11)12;2*1-2;;/h4-10,12-14H,3,11,15-17,30H2,1-2H3;4-7,9-11H,3,8,12-13H2,1-2H3;2*4-6H,3H2,1-2H3;3-5,13H,2,6H2,1H3;1-6H3;3-6,11H,2,7H2,1H3;1-3,11-12H,4,10H2;2H,1H3;1H3;1H;/q;;;;;;;;;-1;;+1. The van der Waals surface area contributed by atoms with Gasteiger partial charge < -0.3 is 89.3 Å². The maximum atomic E-state index is 15.2. The SMILES string of the molecule is CC(C)(C)OC(=O)OC(=O)OC(C)(C)C.CC1=Cc2c(Br)cc(CO)cc2C1.CCOC(=O)Cc1ccccc1O.CCOC(=O)Cc1ccccc1OCc1cc(Br)c2c(c1)CC(C)=C2.CCOC(=O)Cc1ccccc1OCc1cc2c(c(-c3cccc(CN)c3F)c1)C=C(C)C2.CO.COC(=O)c1cc(Br)c2c(c1)CC(C)=C2.COC(=O)c1cc(Br)c2c(c1)CC(C)=C2.C[O-].Cl.NCc1cccc(B(O)O)c1F.[Na+]. The molecular formula is C113H129BBr4ClF2N2NaO23. The number of halogens is 7. The van der Waals surface area contributed by atoms with Gasteiger partial charge in [0.1, 0.15) is 53.3 Å². The van der Waals surface area contributed by atoms with Gasteiger partial charge in [0.05, 0.1) is 71.0 Å². The number of phenolic OH excluding ortho intramolecular Hbond substituents is 1. The molecule has 5 aliphatic rings. The van der Waals surface area contributed by atoms with Gasteiger partial charge in [-0.1, -0.05) is 231 Å². The predicted octanol–water partition coefficient (Wildman–Crippen LogP) is 19.3. The summed E-state index contributed by atoms with van der Waals surface area (Å²) in [7, 11) is 2.76. The first-order valence-corrected chi connectivity index (χ1v) is 49.6. The van der Waals surface area contributed by atoms with Crippen molar-refractivity contribution in [3.05, 3.63) is 339 Å². The van der Waals surface area contributed by atoms with Gasteiger partial charge in [-0.15, -0.1) is 12.4 Å². The van der Waals surface area contributed by atoms with Crippen LogP contribution in [0, 0.1) is 11.6 Å². The molecule has 0 heterocycles. The Balaban J connectivity index is 0.000000357. The van der Waals surface area contributed by atoms with Gasteiger partial charge in [0, 0.05) is 76.9 Å². The number of aliphatic hydroxyl groups excluding tert-OH is 2. The Kier molecular flexibility index (Phi) is 55.9. The molecule has 10 aromatic rings. The molecule has 15 rings (SSSR count). The Bertz CT molecular complexity index is 6240. The van der Waals surface area contributed by atoms with Crippen LogP contribution in [0.4, 0.5) is 18.4 Å². The fourth-order valence-electron chi connectivity index (χ4n) is 15.3. The summed E-state index contributed by atoms with van der Waals surface area (Å²) < 4.78 is 82.6. The Morgan fingerprint density at radius 2 is 0.741 bits per heavy atom. The number of fused-ring (bicyclic) bond motifs is 5. The minimum atomic E-state index is -1.78. The van der Waals surface area contributed by atoms with Gasteiger partial charge in [-0.3, -0.25) is 14.4 Å². The molecule has 25 nitrogen and oxygen atoms in total. The molecule has 34 heteroatoms. The van der Waals surface area contributed by atoms with Crippen LogP contribution < -0.4 is 61.1 Å². The largest absolute Gasteiger partial charge is 1.00 e. The molecule has 0 aliphatic heterocycles. The van der Waals surface area contributed by atoms with Crippen LogP contribution >= 0.6 is 76.1 Å². The van der Waals surface area contributed by atoms with Gasteiger partial charge in [-0.2, -0.15) is 7.11 Å². The Labute approximate surface area is 922 Å². The minimum absolute atomic E-state index is 0. The van der Waals surface area contributed by atoms with Crippen molar-refractivity contribution in [2.75, 3.05) is 48.3 Å². The van der Waals surface area contributed by atoms with Crippen LogP contribution in [0.3, 0.4) is 0 Å². The number of allylic oxidation sites excluding steroid dienone is 5. The van der Waals surface area contributed by atoms with Gasteiger partial charge in [0.15, 0.2) is 0 Å². The first-order valence-electron chi connectivity index (χ1n) is 46.4. The second-order valence-electron chi connectivity index (χ2n) is 35.3. The van der Waals surface area contributed by atoms with Gasteiger partial charge in [-0.25, -0.2) is 28.0 Å². The van der Waals surface area contributed by atoms with E-state index in [-0.39, 0.29) is 133 Å². The van der Waals surface area contributed by atoms with Crippen LogP contribution in [-0.4, -0.2) is 134 Å². The van der Waals surface area contributed by atoms with E-state index in [0.717, 1.165) is 114 Å². The fraction of sp³-hybridized carbons (Fsp3) is 0.319. The summed E-state index contributed by atoms with van der Waals surface area (Å²) in [5, 5.41) is 51.0. The maximum absolute atomic E-state index is 15.2. The van der Waals surface area contributed by atoms with Gasteiger partial charge in [0.25, 0.3) is 0 Å². The normalized spacial score (nSPS) is 11.8. The Hall–Kier alpha value is -10.8. The molecule has 147 heavy (non-hydrogen) atoms. The number of aromatic hydroxyl groups is 1. The van der Waals surface area contributed by atoms with Crippen molar-refractivity contribution in [3.8, 4) is 28.4 Å². The molecule has 5 aliphatic carbocycles. The van der Waals surface area contributed by atoms with E-state index in [1.54, 1.807) is 104 Å². The average Bonchev–Trinajstić information content (AvgIpc) is 1.72. The molecule has 0 bridgehead atoms. The molecule has 10 aromatic carbocycles. The van der Waals surface area contributed by atoms with E-state index in [9.17, 15) is 43.1 Å². The van der Waals surface area contributed by atoms with E-state index in [1.165, 1.54) is 105 Å². The number of methoxy groups -OCH3 is 2. The van der Waals surface area contributed by atoms with E-state index >= 15 is 4.39 Å². The van der Waals surface area contributed by atoms with Crippen LogP contribution in [-0.2, 0) is 137 Å². The molecule has 0 spiro atoms. The zero-order valence-corrected chi connectivity index (χ0v) is 95.5. The quantitative estimate of drug-likeness (QED) is 0.0143. The number of benzene rings is 10. The van der Waals surface area contributed by atoms with Crippen LogP contribution in [0.25, 0.3) is 41.5 Å². The molecule has 0 saturated carbocycles. The summed E-state index contributed by atoms with van der Waals surface area (Å²) >= 11 is 14.1. The van der Waals surface area contributed by atoms with Crippen molar-refractivity contribution in [1.82, 2.24) is 0 Å². The van der Waals surface area contributed by atoms with Gasteiger partial charge in [0.2, 0.25) is 0 Å². The summed E-state index contributed by atoms with van der Waals surface area (Å²) in [6.07, 6.45) is 13.9. The fourth-order valence-corrected chi connectivity index (χ4v) is 17.8. The van der Waals surface area contributed by atoms with Crippen molar-refractivity contribution in [2.45, 2.75) is 192 Å². The smallest absolute Gasteiger partial charge is 0.857 e. The average molecular weight is 2310 g/mol. The number of ether oxygens (including phenoxy) is 10. The first kappa shape index (κ1) is 129. The summed E-state index contributed by atoms with van der Waals surface area (Å²) in [6, 6.07) is 51.4. The molecule has 9 N–H and O–H groups in total. The van der Waals surface area contributed by atoms with E-state index < -0.39 is 36.4 Å². The first-order chi connectivity index (χ1) is 68.9. The van der Waals surface area contributed by atoms with E-state index in [0.29, 0.717) is 66.6 Å². The number of nitrogens with two attached hydrogens (primary N) is 2. The zero-order chi connectivity index (χ0) is 108. The van der Waals surface area contributed by atoms with Crippen LogP contribution in [0.2, 0.25) is 0 Å². The third-order valence-electron chi connectivity index (χ3n) is 21.4. The summed E-state index contributed by atoms with van der Waals surface area (Å²) in [5.41, 5.74) is 36.8. The van der Waals surface area contributed by atoms with Gasteiger partial charge >= 0.3 is 78.8 Å². The third kappa shape index (κ3) is 41.3. The number of aliphatic hydroxyl groups is 2. The molecular weight excluding hydrogens is 2180 g/mol. The van der Waals surface area contributed by atoms with Crippen molar-refractivity contribution in [2.24, 2.45) is 11.5 Å². The third-order valence-corrected chi connectivity index (χ3v) is 24.0. The Morgan fingerprint density at radius 1 is 0.422 bits per heavy atom. The van der Waals surface area contributed by atoms with E-state index in [1.807, 2.05) is 85.8 Å². The van der Waals surface area contributed by atoms with Crippen molar-refractivity contribution >= 4 is 161 Å². The Morgan fingerprint density at radius 3 is 1.11 bits per heavy atom. The van der Waals surface area contributed by atoms with Crippen LogP contribution in [0.15, 0.2) is 216 Å². The number of rotatable bonds is 22. The summed E-state index contributed by atoms with van der Waals surface area (Å²) in [4.78, 5) is 79.5. The second-order valence-corrected chi connectivity index (χ2v) is 38.8. The van der Waals surface area contributed by atoms with Gasteiger partial charge in [-0.05, 0) is 268 Å².